The van der Waals surface area contributed by atoms with Crippen molar-refractivity contribution in [1.82, 2.24) is 9.55 Å². The Labute approximate surface area is 116 Å². The Bertz CT molecular complexity index is 406. The number of rotatable bonds is 3. The summed E-state index contributed by atoms with van der Waals surface area (Å²) in [5.41, 5.74) is 0. The van der Waals surface area contributed by atoms with Crippen molar-refractivity contribution in [3.63, 3.8) is 0 Å². The minimum Gasteiger partial charge on any atom is -0.353 e. The van der Waals surface area contributed by atoms with Crippen LogP contribution in [0.3, 0.4) is 0 Å². The fraction of sp³-hybridized carbons (Fsp3) is 0.812. The van der Waals surface area contributed by atoms with Gasteiger partial charge in [0.2, 0.25) is 5.95 Å². The van der Waals surface area contributed by atoms with E-state index >= 15 is 0 Å². The zero-order valence-electron chi connectivity index (χ0n) is 12.3. The standard InChI is InChI=1S/C16H27N3/c1-12-7-8-15(13(2)11-12)19-10-9-17-16(19)18-14-5-3-4-6-14/h9-10,12-15H,3-8,11H2,1-2H3,(H,17,18). The normalized spacial score (nSPS) is 32.6. The van der Waals surface area contributed by atoms with Crippen LogP contribution in [0.2, 0.25) is 0 Å². The second-order valence-electron chi connectivity index (χ2n) is 6.75. The van der Waals surface area contributed by atoms with E-state index in [0.717, 1.165) is 17.8 Å². The van der Waals surface area contributed by atoms with E-state index in [1.165, 1.54) is 44.9 Å². The largest absolute Gasteiger partial charge is 0.353 e. The molecule has 2 aliphatic rings. The van der Waals surface area contributed by atoms with Crippen LogP contribution >= 0.6 is 0 Å². The topological polar surface area (TPSA) is 29.9 Å². The summed E-state index contributed by atoms with van der Waals surface area (Å²) in [5.74, 6) is 2.77. The number of nitrogens with one attached hydrogen (secondary N) is 1. The molecule has 3 nitrogen and oxygen atoms in total. The molecule has 3 heteroatoms. The maximum absolute atomic E-state index is 4.56. The third-order valence-electron chi connectivity index (χ3n) is 5.10. The first-order chi connectivity index (χ1) is 9.24. The molecule has 0 aromatic carbocycles. The highest BCUT2D eigenvalue weighted by Crippen LogP contribution is 2.38. The zero-order chi connectivity index (χ0) is 13.2. The lowest BCUT2D eigenvalue weighted by Gasteiger charge is -2.34. The van der Waals surface area contributed by atoms with Crippen molar-refractivity contribution in [3.05, 3.63) is 12.4 Å². The first-order valence-electron chi connectivity index (χ1n) is 8.03. The van der Waals surface area contributed by atoms with Gasteiger partial charge >= 0.3 is 0 Å². The third kappa shape index (κ3) is 2.80. The van der Waals surface area contributed by atoms with Gasteiger partial charge in [-0.1, -0.05) is 26.7 Å². The number of hydrogen-bond acceptors (Lipinski definition) is 2. The molecule has 19 heavy (non-hydrogen) atoms. The van der Waals surface area contributed by atoms with Crippen molar-refractivity contribution in [2.24, 2.45) is 11.8 Å². The van der Waals surface area contributed by atoms with Gasteiger partial charge in [0.05, 0.1) is 0 Å². The predicted molar refractivity (Wildman–Crippen MR) is 79.3 cm³/mol. The highest BCUT2D eigenvalue weighted by molar-refractivity contribution is 5.29. The number of aromatic nitrogens is 2. The van der Waals surface area contributed by atoms with Crippen LogP contribution in [0.1, 0.15) is 64.8 Å². The second kappa shape index (κ2) is 5.56. The Morgan fingerprint density at radius 3 is 2.68 bits per heavy atom. The summed E-state index contributed by atoms with van der Waals surface area (Å²) in [5, 5.41) is 3.67. The fourth-order valence-corrected chi connectivity index (χ4v) is 4.01. The third-order valence-corrected chi connectivity index (χ3v) is 5.10. The number of anilines is 1. The summed E-state index contributed by atoms with van der Waals surface area (Å²) in [6.07, 6.45) is 13.5. The van der Waals surface area contributed by atoms with E-state index in [2.05, 4.69) is 34.9 Å². The molecule has 0 saturated heterocycles. The summed E-state index contributed by atoms with van der Waals surface area (Å²) in [6, 6.07) is 1.29. The van der Waals surface area contributed by atoms with E-state index in [9.17, 15) is 0 Å². The van der Waals surface area contributed by atoms with E-state index in [1.54, 1.807) is 0 Å². The quantitative estimate of drug-likeness (QED) is 0.882. The summed E-state index contributed by atoms with van der Waals surface area (Å²) < 4.78 is 2.41. The van der Waals surface area contributed by atoms with E-state index in [-0.39, 0.29) is 0 Å². The Hall–Kier alpha value is -0.990. The molecule has 2 saturated carbocycles. The molecule has 0 amide bonds. The van der Waals surface area contributed by atoms with Gasteiger partial charge in [-0.2, -0.15) is 0 Å². The lowest BCUT2D eigenvalue weighted by atomic mass is 9.80. The van der Waals surface area contributed by atoms with E-state index < -0.39 is 0 Å². The van der Waals surface area contributed by atoms with Crippen molar-refractivity contribution in [3.8, 4) is 0 Å². The molecule has 1 aromatic heterocycles. The molecule has 2 aliphatic carbocycles. The Kier molecular flexibility index (Phi) is 3.81. The van der Waals surface area contributed by atoms with Crippen LogP contribution in [0.15, 0.2) is 12.4 Å². The average Bonchev–Trinajstić information content (AvgIpc) is 3.02. The molecule has 1 aromatic rings. The minimum atomic E-state index is 0.641. The van der Waals surface area contributed by atoms with Crippen LogP contribution in [-0.4, -0.2) is 15.6 Å². The van der Waals surface area contributed by atoms with Gasteiger partial charge in [-0.15, -0.1) is 0 Å². The molecule has 1 N–H and O–H groups in total. The van der Waals surface area contributed by atoms with Gasteiger partial charge in [0, 0.05) is 24.5 Å². The fourth-order valence-electron chi connectivity index (χ4n) is 4.01. The molecular formula is C16H27N3. The van der Waals surface area contributed by atoms with Crippen LogP contribution in [0.5, 0.6) is 0 Å². The summed E-state index contributed by atoms with van der Waals surface area (Å²) in [7, 11) is 0. The summed E-state index contributed by atoms with van der Waals surface area (Å²) in [4.78, 5) is 4.56. The summed E-state index contributed by atoms with van der Waals surface area (Å²) in [6.45, 7) is 4.79. The van der Waals surface area contributed by atoms with Crippen LogP contribution in [0.25, 0.3) is 0 Å². The van der Waals surface area contributed by atoms with Crippen molar-refractivity contribution in [2.75, 3.05) is 5.32 Å². The molecule has 2 fully saturated rings. The van der Waals surface area contributed by atoms with E-state index in [0.29, 0.717) is 12.1 Å². The van der Waals surface area contributed by atoms with Gasteiger partial charge in [-0.05, 0) is 43.9 Å². The molecule has 106 valence electrons. The number of hydrogen-bond donors (Lipinski definition) is 1. The van der Waals surface area contributed by atoms with Crippen molar-refractivity contribution < 1.29 is 0 Å². The van der Waals surface area contributed by atoms with Crippen molar-refractivity contribution in [1.29, 1.82) is 0 Å². The molecule has 0 bridgehead atoms. The Balaban J connectivity index is 1.71. The Morgan fingerprint density at radius 2 is 1.95 bits per heavy atom. The number of nitrogens with zero attached hydrogens (tertiary/aromatic N) is 2. The smallest absolute Gasteiger partial charge is 0.203 e. The van der Waals surface area contributed by atoms with Crippen LogP contribution in [0, 0.1) is 11.8 Å². The van der Waals surface area contributed by atoms with E-state index in [1.807, 2.05) is 6.20 Å². The van der Waals surface area contributed by atoms with Gasteiger partial charge in [0.15, 0.2) is 0 Å². The molecule has 3 unspecified atom stereocenters. The predicted octanol–water partition coefficient (Wildman–Crippen LogP) is 4.23. The van der Waals surface area contributed by atoms with Crippen LogP contribution < -0.4 is 5.32 Å². The highest BCUT2D eigenvalue weighted by atomic mass is 15.2. The van der Waals surface area contributed by atoms with Crippen molar-refractivity contribution >= 4 is 5.95 Å². The molecule has 0 radical (unpaired) electrons. The molecule has 3 rings (SSSR count). The van der Waals surface area contributed by atoms with Crippen LogP contribution in [-0.2, 0) is 0 Å². The monoisotopic (exact) mass is 261 g/mol. The van der Waals surface area contributed by atoms with Gasteiger partial charge in [0.1, 0.15) is 0 Å². The maximum Gasteiger partial charge on any atom is 0.203 e. The zero-order valence-corrected chi connectivity index (χ0v) is 12.3. The lowest BCUT2D eigenvalue weighted by molar-refractivity contribution is 0.209. The van der Waals surface area contributed by atoms with Crippen molar-refractivity contribution in [2.45, 2.75) is 70.9 Å². The van der Waals surface area contributed by atoms with Gasteiger partial charge < -0.3 is 9.88 Å². The molecule has 3 atom stereocenters. The highest BCUT2D eigenvalue weighted by Gasteiger charge is 2.28. The second-order valence-corrected chi connectivity index (χ2v) is 6.75. The van der Waals surface area contributed by atoms with Crippen LogP contribution in [0.4, 0.5) is 5.95 Å². The average molecular weight is 261 g/mol. The minimum absolute atomic E-state index is 0.641. The molecule has 1 heterocycles. The first kappa shape index (κ1) is 13.0. The maximum atomic E-state index is 4.56. The molecule has 0 aliphatic heterocycles. The molecular weight excluding hydrogens is 234 g/mol. The summed E-state index contributed by atoms with van der Waals surface area (Å²) >= 11 is 0. The van der Waals surface area contributed by atoms with Gasteiger partial charge in [-0.25, -0.2) is 4.98 Å². The van der Waals surface area contributed by atoms with Gasteiger partial charge in [-0.3, -0.25) is 0 Å². The van der Waals surface area contributed by atoms with Gasteiger partial charge in [0.25, 0.3) is 0 Å². The lowest BCUT2D eigenvalue weighted by Crippen LogP contribution is -2.27. The SMILES string of the molecule is CC1CCC(n2ccnc2NC2CCCC2)C(C)C1. The van der Waals surface area contributed by atoms with E-state index in [4.69, 9.17) is 0 Å². The Morgan fingerprint density at radius 1 is 1.16 bits per heavy atom. The molecule has 0 spiro atoms. The number of imidazole rings is 1. The first-order valence-corrected chi connectivity index (χ1v) is 8.03.